The Hall–Kier alpha value is -4.25. The molecule has 1 aromatic heterocycles. The van der Waals surface area contributed by atoms with Crippen molar-refractivity contribution < 1.29 is 33.1 Å². The first-order valence-corrected chi connectivity index (χ1v) is 11.2. The molecule has 1 fully saturated rings. The zero-order valence-corrected chi connectivity index (χ0v) is 19.6. The van der Waals surface area contributed by atoms with Gasteiger partial charge in [0, 0.05) is 6.08 Å². The van der Waals surface area contributed by atoms with Crippen molar-refractivity contribution in [1.82, 2.24) is 4.90 Å². The molecule has 0 saturated carbocycles. The van der Waals surface area contributed by atoms with Gasteiger partial charge in [0.25, 0.3) is 16.8 Å². The molecule has 0 unspecified atom stereocenters. The van der Waals surface area contributed by atoms with E-state index in [0.29, 0.717) is 17.2 Å². The maximum Gasteiger partial charge on any atom is 0.293 e. The topological polar surface area (TPSA) is 121 Å². The number of thioether (sulfide) groups is 1. The summed E-state index contributed by atoms with van der Waals surface area (Å²) in [6, 6.07) is 14.6. The Kier molecular flexibility index (Phi) is 7.06. The predicted molar refractivity (Wildman–Crippen MR) is 129 cm³/mol. The number of imide groups is 1. The minimum Gasteiger partial charge on any atom is -0.497 e. The van der Waals surface area contributed by atoms with E-state index in [2.05, 4.69) is 0 Å². The Balaban J connectivity index is 1.46. The van der Waals surface area contributed by atoms with Crippen LogP contribution < -0.4 is 14.2 Å². The Morgan fingerprint density at radius 3 is 2.54 bits per heavy atom. The van der Waals surface area contributed by atoms with Crippen LogP contribution in [-0.4, -0.2) is 48.3 Å². The van der Waals surface area contributed by atoms with Crippen molar-refractivity contribution in [1.29, 1.82) is 0 Å². The van der Waals surface area contributed by atoms with Gasteiger partial charge in [0.15, 0.2) is 11.5 Å². The Morgan fingerprint density at radius 2 is 1.83 bits per heavy atom. The van der Waals surface area contributed by atoms with Crippen molar-refractivity contribution in [2.45, 2.75) is 0 Å². The van der Waals surface area contributed by atoms with E-state index in [0.717, 1.165) is 16.7 Å². The van der Waals surface area contributed by atoms with Crippen LogP contribution in [0.25, 0.3) is 17.4 Å². The van der Waals surface area contributed by atoms with Crippen molar-refractivity contribution in [3.63, 3.8) is 0 Å². The van der Waals surface area contributed by atoms with Crippen LogP contribution in [0, 0.1) is 10.1 Å². The lowest BCUT2D eigenvalue weighted by molar-refractivity contribution is -0.384. The van der Waals surface area contributed by atoms with Crippen molar-refractivity contribution in [3.05, 3.63) is 75.4 Å². The molecule has 0 spiro atoms. The lowest BCUT2D eigenvalue weighted by Gasteiger charge is -2.14. The molecule has 2 amide bonds. The van der Waals surface area contributed by atoms with Crippen molar-refractivity contribution >= 4 is 34.7 Å². The van der Waals surface area contributed by atoms with Gasteiger partial charge in [0.2, 0.25) is 0 Å². The summed E-state index contributed by atoms with van der Waals surface area (Å²) < 4.78 is 21.7. The lowest BCUT2D eigenvalue weighted by Crippen LogP contribution is -2.32. The molecule has 1 aliphatic rings. The van der Waals surface area contributed by atoms with Crippen LogP contribution >= 0.6 is 11.8 Å². The average molecular weight is 496 g/mol. The monoisotopic (exact) mass is 496 g/mol. The third-order valence-corrected chi connectivity index (χ3v) is 5.99. The summed E-state index contributed by atoms with van der Waals surface area (Å²) in [5.41, 5.74) is 0.0812. The number of rotatable bonds is 9. The van der Waals surface area contributed by atoms with Gasteiger partial charge in [-0.05, 0) is 48.2 Å². The zero-order valence-electron chi connectivity index (χ0n) is 18.8. The minimum atomic E-state index is -0.529. The number of nitro benzene ring substituents is 1. The normalized spacial score (nSPS) is 14.5. The van der Waals surface area contributed by atoms with Gasteiger partial charge >= 0.3 is 0 Å². The first-order valence-electron chi connectivity index (χ1n) is 10.3. The van der Waals surface area contributed by atoms with Gasteiger partial charge in [0.05, 0.1) is 42.2 Å². The molecule has 0 atom stereocenters. The average Bonchev–Trinajstić information content (AvgIpc) is 3.43. The predicted octanol–water partition coefficient (Wildman–Crippen LogP) is 4.99. The third-order valence-electron chi connectivity index (χ3n) is 5.08. The molecule has 2 heterocycles. The third kappa shape index (κ3) is 5.14. The number of carbonyl (C=O) groups excluding carboxylic acids is 2. The summed E-state index contributed by atoms with van der Waals surface area (Å²) in [5, 5.41) is 11.0. The quantitative estimate of drug-likeness (QED) is 0.229. The Morgan fingerprint density at radius 1 is 1.06 bits per heavy atom. The van der Waals surface area contributed by atoms with E-state index in [9.17, 15) is 19.7 Å². The summed E-state index contributed by atoms with van der Waals surface area (Å²) in [5.74, 6) is 1.45. The molecule has 35 heavy (non-hydrogen) atoms. The Bertz CT molecular complexity index is 1320. The highest BCUT2D eigenvalue weighted by Crippen LogP contribution is 2.36. The first kappa shape index (κ1) is 23.9. The largest absolute Gasteiger partial charge is 0.497 e. The van der Waals surface area contributed by atoms with E-state index in [1.807, 2.05) is 0 Å². The van der Waals surface area contributed by atoms with Gasteiger partial charge < -0.3 is 18.6 Å². The Labute approximate surface area is 204 Å². The first-order chi connectivity index (χ1) is 16.9. The smallest absolute Gasteiger partial charge is 0.293 e. The minimum absolute atomic E-state index is 0.0570. The summed E-state index contributed by atoms with van der Waals surface area (Å²) in [7, 11) is 2.94. The van der Waals surface area contributed by atoms with E-state index < -0.39 is 16.1 Å². The number of amides is 2. The van der Waals surface area contributed by atoms with E-state index in [-0.39, 0.29) is 40.8 Å². The van der Waals surface area contributed by atoms with Crippen LogP contribution in [0.2, 0.25) is 0 Å². The zero-order chi connectivity index (χ0) is 24.9. The number of methoxy groups -OCH3 is 2. The second kappa shape index (κ2) is 10.3. The molecule has 11 heteroatoms. The standard InChI is InChI=1S/C24H20N2O8S/c1-31-15-7-9-17(18(13-15)26(29)30)19-10-8-16(34-19)14-22-23(27)25(24(28)35-22)11-12-33-21-6-4-3-5-20(21)32-2/h3-10,13-14H,11-12H2,1-2H3/b22-14-. The fraction of sp³-hybridized carbons (Fsp3) is 0.167. The van der Waals surface area contributed by atoms with Gasteiger partial charge in [0.1, 0.15) is 23.9 Å². The summed E-state index contributed by atoms with van der Waals surface area (Å²) in [6.45, 7) is 0.152. The van der Waals surface area contributed by atoms with Crippen LogP contribution in [0.4, 0.5) is 10.5 Å². The molecule has 0 radical (unpaired) electrons. The molecule has 4 rings (SSSR count). The fourth-order valence-corrected chi connectivity index (χ4v) is 4.23. The fourth-order valence-electron chi connectivity index (χ4n) is 3.38. The van der Waals surface area contributed by atoms with Gasteiger partial charge in [-0.2, -0.15) is 0 Å². The molecular formula is C24H20N2O8S. The number of furan rings is 1. The van der Waals surface area contributed by atoms with Gasteiger partial charge in [-0.15, -0.1) is 0 Å². The number of para-hydroxylation sites is 2. The lowest BCUT2D eigenvalue weighted by atomic mass is 10.1. The number of carbonyl (C=O) groups is 2. The second-order valence-corrected chi connectivity index (χ2v) is 8.17. The molecule has 0 N–H and O–H groups in total. The van der Waals surface area contributed by atoms with Gasteiger partial charge in [-0.3, -0.25) is 24.6 Å². The van der Waals surface area contributed by atoms with Gasteiger partial charge in [-0.1, -0.05) is 12.1 Å². The van der Waals surface area contributed by atoms with Crippen LogP contribution in [-0.2, 0) is 4.79 Å². The molecule has 2 aromatic carbocycles. The van der Waals surface area contributed by atoms with Crippen molar-refractivity contribution in [2.75, 3.05) is 27.4 Å². The van der Waals surface area contributed by atoms with Crippen LogP contribution in [0.15, 0.2) is 63.9 Å². The second-order valence-electron chi connectivity index (χ2n) is 7.17. The highest BCUT2D eigenvalue weighted by atomic mass is 32.2. The summed E-state index contributed by atoms with van der Waals surface area (Å²) in [4.78, 5) is 37.4. The van der Waals surface area contributed by atoms with E-state index >= 15 is 0 Å². The number of nitrogens with zero attached hydrogens (tertiary/aromatic N) is 2. The number of nitro groups is 1. The molecule has 0 aliphatic carbocycles. The number of hydrogen-bond donors (Lipinski definition) is 0. The molecule has 1 saturated heterocycles. The summed E-state index contributed by atoms with van der Waals surface area (Å²) >= 11 is 0.782. The molecule has 10 nitrogen and oxygen atoms in total. The van der Waals surface area contributed by atoms with Gasteiger partial charge in [-0.25, -0.2) is 0 Å². The molecule has 180 valence electrons. The van der Waals surface area contributed by atoms with Crippen LogP contribution in [0.3, 0.4) is 0 Å². The molecule has 0 bridgehead atoms. The van der Waals surface area contributed by atoms with Crippen LogP contribution in [0.5, 0.6) is 17.2 Å². The van der Waals surface area contributed by atoms with Crippen molar-refractivity contribution in [2.24, 2.45) is 0 Å². The maximum atomic E-state index is 12.8. The molecular weight excluding hydrogens is 476 g/mol. The maximum absolute atomic E-state index is 12.8. The van der Waals surface area contributed by atoms with E-state index in [1.165, 1.54) is 32.4 Å². The van der Waals surface area contributed by atoms with E-state index in [4.69, 9.17) is 18.6 Å². The number of benzene rings is 2. The SMILES string of the molecule is COc1ccc(-c2ccc(/C=C3\SC(=O)N(CCOc4ccccc4OC)C3=O)o2)c([N+](=O)[O-])c1. The molecule has 1 aliphatic heterocycles. The number of ether oxygens (including phenoxy) is 3. The number of hydrogen-bond acceptors (Lipinski definition) is 9. The van der Waals surface area contributed by atoms with Crippen LogP contribution in [0.1, 0.15) is 5.76 Å². The highest BCUT2D eigenvalue weighted by molar-refractivity contribution is 8.18. The van der Waals surface area contributed by atoms with E-state index in [1.54, 1.807) is 42.5 Å². The highest BCUT2D eigenvalue weighted by Gasteiger charge is 2.35. The molecule has 3 aromatic rings. The van der Waals surface area contributed by atoms with Crippen molar-refractivity contribution in [3.8, 4) is 28.6 Å². The summed E-state index contributed by atoms with van der Waals surface area (Å²) in [6.07, 6.45) is 1.44.